The van der Waals surface area contributed by atoms with Gasteiger partial charge in [-0.2, -0.15) is 5.10 Å². The number of hydrogen-bond donors (Lipinski definition) is 3. The van der Waals surface area contributed by atoms with Gasteiger partial charge in [0.15, 0.2) is 5.11 Å². The zero-order valence-electron chi connectivity index (χ0n) is 10.8. The summed E-state index contributed by atoms with van der Waals surface area (Å²) < 4.78 is 1.44. The van der Waals surface area contributed by atoms with Gasteiger partial charge in [-0.25, -0.2) is 0 Å². The summed E-state index contributed by atoms with van der Waals surface area (Å²) in [6.45, 7) is 6.01. The maximum Gasteiger partial charge on any atom is 0.187 e. The van der Waals surface area contributed by atoms with Crippen LogP contribution >= 0.6 is 44.1 Å². The molecular weight excluding hydrogens is 394 g/mol. The van der Waals surface area contributed by atoms with Crippen molar-refractivity contribution in [3.8, 4) is 5.75 Å². The molecule has 0 aliphatic rings. The number of phenolic OH excluding ortho intramolecular Hbond substituents is 1. The molecule has 0 aromatic heterocycles. The molecule has 0 saturated heterocycles. The maximum atomic E-state index is 9.84. The van der Waals surface area contributed by atoms with Gasteiger partial charge in [0.05, 0.1) is 10.7 Å². The van der Waals surface area contributed by atoms with Gasteiger partial charge in [0, 0.05) is 15.6 Å². The topological polar surface area (TPSA) is 56.7 Å². The van der Waals surface area contributed by atoms with Gasteiger partial charge in [-0.15, -0.1) is 0 Å². The molecule has 0 saturated carbocycles. The van der Waals surface area contributed by atoms with Crippen LogP contribution in [0.2, 0.25) is 0 Å². The number of hydrazone groups is 1. The number of hydrogen-bond acceptors (Lipinski definition) is 3. The fourth-order valence-corrected chi connectivity index (χ4v) is 2.83. The van der Waals surface area contributed by atoms with Crippen molar-refractivity contribution in [2.24, 2.45) is 5.10 Å². The first-order chi connectivity index (χ1) is 8.69. The van der Waals surface area contributed by atoms with E-state index in [0.29, 0.717) is 15.1 Å². The van der Waals surface area contributed by atoms with Crippen molar-refractivity contribution >= 4 is 55.4 Å². The lowest BCUT2D eigenvalue weighted by Gasteiger charge is -2.21. The highest BCUT2D eigenvalue weighted by Gasteiger charge is 2.10. The van der Waals surface area contributed by atoms with Crippen LogP contribution in [0.4, 0.5) is 0 Å². The van der Waals surface area contributed by atoms with Crippen molar-refractivity contribution in [3.05, 3.63) is 26.6 Å². The van der Waals surface area contributed by atoms with Crippen LogP contribution in [-0.4, -0.2) is 22.0 Å². The van der Waals surface area contributed by atoms with Crippen LogP contribution in [0.25, 0.3) is 0 Å². The molecule has 0 unspecified atom stereocenters. The number of rotatable bonds is 2. The highest BCUT2D eigenvalue weighted by atomic mass is 79.9. The van der Waals surface area contributed by atoms with Crippen LogP contribution in [0.3, 0.4) is 0 Å². The minimum absolute atomic E-state index is 0.124. The third kappa shape index (κ3) is 5.88. The molecule has 0 aliphatic heterocycles. The van der Waals surface area contributed by atoms with E-state index in [1.54, 1.807) is 12.1 Å². The summed E-state index contributed by atoms with van der Waals surface area (Å²) in [4.78, 5) is 0. The van der Waals surface area contributed by atoms with Gasteiger partial charge < -0.3 is 10.4 Å². The molecule has 0 fully saturated rings. The molecule has 4 nitrogen and oxygen atoms in total. The molecule has 19 heavy (non-hydrogen) atoms. The predicted octanol–water partition coefficient (Wildman–Crippen LogP) is 3.51. The van der Waals surface area contributed by atoms with Gasteiger partial charge >= 0.3 is 0 Å². The molecule has 7 heteroatoms. The van der Waals surface area contributed by atoms with Crippen molar-refractivity contribution in [3.63, 3.8) is 0 Å². The molecule has 0 bridgehead atoms. The molecule has 0 spiro atoms. The van der Waals surface area contributed by atoms with E-state index in [2.05, 4.69) is 47.7 Å². The molecule has 0 heterocycles. The molecular formula is C12H15Br2N3OS. The molecule has 0 atom stereocenters. The van der Waals surface area contributed by atoms with E-state index < -0.39 is 0 Å². The van der Waals surface area contributed by atoms with Crippen molar-refractivity contribution in [1.29, 1.82) is 0 Å². The van der Waals surface area contributed by atoms with E-state index in [-0.39, 0.29) is 11.3 Å². The van der Waals surface area contributed by atoms with Crippen molar-refractivity contribution in [1.82, 2.24) is 10.7 Å². The SMILES string of the molecule is CC(C)(C)NC(=S)N/N=C/c1cc(Br)cc(Br)c1O. The Labute approximate surface area is 134 Å². The normalized spacial score (nSPS) is 11.6. The van der Waals surface area contributed by atoms with Crippen LogP contribution in [0.1, 0.15) is 26.3 Å². The molecule has 0 radical (unpaired) electrons. The summed E-state index contributed by atoms with van der Waals surface area (Å²) in [5.74, 6) is 0.128. The Morgan fingerprint density at radius 2 is 2.00 bits per heavy atom. The van der Waals surface area contributed by atoms with E-state index in [1.807, 2.05) is 20.8 Å². The van der Waals surface area contributed by atoms with Crippen molar-refractivity contribution in [2.75, 3.05) is 0 Å². The molecule has 1 aromatic carbocycles. The van der Waals surface area contributed by atoms with Gasteiger partial charge in [0.25, 0.3) is 0 Å². The average molecular weight is 409 g/mol. The summed E-state index contributed by atoms with van der Waals surface area (Å²) in [6, 6.07) is 3.51. The number of nitrogens with one attached hydrogen (secondary N) is 2. The Morgan fingerprint density at radius 3 is 2.58 bits per heavy atom. The Bertz CT molecular complexity index is 512. The monoisotopic (exact) mass is 407 g/mol. The number of aromatic hydroxyl groups is 1. The van der Waals surface area contributed by atoms with Crippen molar-refractivity contribution < 1.29 is 5.11 Å². The standard InChI is InChI=1S/C12H15Br2N3OS/c1-12(2,3)16-11(19)17-15-6-7-4-8(13)5-9(14)10(7)18/h4-6,18H,1-3H3,(H2,16,17,19)/b15-6+. The first-order valence-corrected chi connectivity index (χ1v) is 7.48. The fourth-order valence-electron chi connectivity index (χ4n) is 1.21. The fraction of sp³-hybridized carbons (Fsp3) is 0.333. The zero-order valence-corrected chi connectivity index (χ0v) is 14.8. The second kappa shape index (κ2) is 6.67. The smallest absolute Gasteiger partial charge is 0.187 e. The Hall–Kier alpha value is -0.660. The van der Waals surface area contributed by atoms with E-state index in [1.165, 1.54) is 6.21 Å². The number of nitrogens with zero attached hydrogens (tertiary/aromatic N) is 1. The van der Waals surface area contributed by atoms with Crippen LogP contribution in [-0.2, 0) is 0 Å². The van der Waals surface area contributed by atoms with Gasteiger partial charge in [0.1, 0.15) is 5.75 Å². The summed E-state index contributed by atoms with van der Waals surface area (Å²) in [6.07, 6.45) is 1.50. The highest BCUT2D eigenvalue weighted by molar-refractivity contribution is 9.11. The minimum Gasteiger partial charge on any atom is -0.506 e. The molecule has 0 aliphatic carbocycles. The largest absolute Gasteiger partial charge is 0.506 e. The quantitative estimate of drug-likeness (QED) is 0.398. The summed E-state index contributed by atoms with van der Waals surface area (Å²) in [5.41, 5.74) is 3.15. The van der Waals surface area contributed by atoms with Crippen molar-refractivity contribution in [2.45, 2.75) is 26.3 Å². The summed E-state index contributed by atoms with van der Waals surface area (Å²) >= 11 is 11.7. The zero-order chi connectivity index (χ0) is 14.6. The number of thiocarbonyl (C=S) groups is 1. The maximum absolute atomic E-state index is 9.84. The summed E-state index contributed by atoms with van der Waals surface area (Å²) in [5, 5.41) is 17.3. The van der Waals surface area contributed by atoms with Gasteiger partial charge in [-0.3, -0.25) is 5.43 Å². The lowest BCUT2D eigenvalue weighted by atomic mass is 10.1. The Balaban J connectivity index is 2.71. The third-order valence-corrected chi connectivity index (χ3v) is 3.17. The number of phenols is 1. The Kier molecular flexibility index (Phi) is 5.76. The first kappa shape index (κ1) is 16.4. The third-order valence-electron chi connectivity index (χ3n) is 1.92. The molecule has 104 valence electrons. The highest BCUT2D eigenvalue weighted by Crippen LogP contribution is 2.30. The van der Waals surface area contributed by atoms with Crippen LogP contribution in [0.15, 0.2) is 26.2 Å². The molecule has 0 amide bonds. The molecule has 1 rings (SSSR count). The minimum atomic E-state index is -0.124. The van der Waals surface area contributed by atoms with E-state index in [4.69, 9.17) is 12.2 Å². The molecule has 3 N–H and O–H groups in total. The second-order valence-electron chi connectivity index (χ2n) is 4.90. The van der Waals surface area contributed by atoms with Crippen LogP contribution in [0.5, 0.6) is 5.75 Å². The van der Waals surface area contributed by atoms with Crippen LogP contribution < -0.4 is 10.7 Å². The lowest BCUT2D eigenvalue weighted by Crippen LogP contribution is -2.44. The van der Waals surface area contributed by atoms with Gasteiger partial charge in [-0.05, 0) is 61.1 Å². The van der Waals surface area contributed by atoms with E-state index in [9.17, 15) is 5.11 Å². The average Bonchev–Trinajstić information content (AvgIpc) is 2.22. The number of halogens is 2. The van der Waals surface area contributed by atoms with Gasteiger partial charge in [0.2, 0.25) is 0 Å². The molecule has 1 aromatic rings. The first-order valence-electron chi connectivity index (χ1n) is 5.48. The Morgan fingerprint density at radius 1 is 1.37 bits per heavy atom. The second-order valence-corrected chi connectivity index (χ2v) is 7.08. The van der Waals surface area contributed by atoms with Gasteiger partial charge in [-0.1, -0.05) is 15.9 Å². The predicted molar refractivity (Wildman–Crippen MR) is 89.7 cm³/mol. The van der Waals surface area contributed by atoms with E-state index >= 15 is 0 Å². The van der Waals surface area contributed by atoms with Crippen LogP contribution in [0, 0.1) is 0 Å². The number of benzene rings is 1. The van der Waals surface area contributed by atoms with E-state index in [0.717, 1.165) is 4.47 Å². The lowest BCUT2D eigenvalue weighted by molar-refractivity contribution is 0.471. The summed E-state index contributed by atoms with van der Waals surface area (Å²) in [7, 11) is 0.